The molecule has 23 heavy (non-hydrogen) atoms. The molecule has 1 spiro atoms. The minimum atomic E-state index is 0.387. The van der Waals surface area contributed by atoms with E-state index in [2.05, 4.69) is 38.1 Å². The van der Waals surface area contributed by atoms with Gasteiger partial charge in [-0.3, -0.25) is 0 Å². The maximum absolute atomic E-state index is 5.59. The minimum absolute atomic E-state index is 0.387. The van der Waals surface area contributed by atoms with Crippen molar-refractivity contribution < 1.29 is 9.26 Å². The molecule has 2 heterocycles. The van der Waals surface area contributed by atoms with Gasteiger partial charge < -0.3 is 9.26 Å². The Bertz CT molecular complexity index is 706. The highest BCUT2D eigenvalue weighted by atomic mass is 16.5. The molecule has 1 aliphatic carbocycles. The number of aryl methyl sites for hydroxylation is 3. The zero-order chi connectivity index (χ0) is 16.0. The summed E-state index contributed by atoms with van der Waals surface area (Å²) < 4.78 is 11.1. The lowest BCUT2D eigenvalue weighted by atomic mass is 9.94. The number of hydrogen-bond donors (Lipinski definition) is 0. The molecule has 1 saturated carbocycles. The van der Waals surface area contributed by atoms with Gasteiger partial charge in [-0.2, -0.15) is 4.98 Å². The Morgan fingerprint density at radius 2 is 1.83 bits per heavy atom. The van der Waals surface area contributed by atoms with Crippen LogP contribution in [0.25, 0.3) is 0 Å². The summed E-state index contributed by atoms with van der Waals surface area (Å²) >= 11 is 0. The summed E-state index contributed by atoms with van der Waals surface area (Å²) in [4.78, 5) is 4.70. The van der Waals surface area contributed by atoms with Crippen LogP contribution >= 0.6 is 0 Å². The van der Waals surface area contributed by atoms with E-state index in [9.17, 15) is 0 Å². The van der Waals surface area contributed by atoms with Crippen molar-refractivity contribution in [3.05, 3.63) is 46.1 Å². The van der Waals surface area contributed by atoms with Gasteiger partial charge in [-0.1, -0.05) is 22.9 Å². The molecule has 1 unspecified atom stereocenters. The summed E-state index contributed by atoms with van der Waals surface area (Å²) in [6, 6.07) is 4.45. The van der Waals surface area contributed by atoms with Crippen molar-refractivity contribution in [1.29, 1.82) is 0 Å². The summed E-state index contributed by atoms with van der Waals surface area (Å²) in [5, 5.41) is 4.24. The number of ether oxygens (including phenoxy) is 1. The van der Waals surface area contributed by atoms with Crippen molar-refractivity contribution in [2.24, 2.45) is 5.41 Å². The zero-order valence-corrected chi connectivity index (χ0v) is 14.2. The van der Waals surface area contributed by atoms with Gasteiger partial charge in [0, 0.05) is 25.6 Å². The van der Waals surface area contributed by atoms with E-state index >= 15 is 0 Å². The van der Waals surface area contributed by atoms with Crippen molar-refractivity contribution in [2.75, 3.05) is 13.2 Å². The highest BCUT2D eigenvalue weighted by Crippen LogP contribution is 2.64. The van der Waals surface area contributed by atoms with Gasteiger partial charge in [0.05, 0.1) is 0 Å². The predicted molar refractivity (Wildman–Crippen MR) is 87.6 cm³/mol. The van der Waals surface area contributed by atoms with Crippen molar-refractivity contribution in [3.8, 4) is 0 Å². The first-order valence-electron chi connectivity index (χ1n) is 8.54. The fraction of sp³-hybridized carbons (Fsp3) is 0.579. The van der Waals surface area contributed by atoms with Crippen LogP contribution in [0.15, 0.2) is 16.7 Å². The molecule has 2 aliphatic rings. The van der Waals surface area contributed by atoms with Crippen LogP contribution in [0.3, 0.4) is 0 Å². The van der Waals surface area contributed by atoms with Gasteiger partial charge in [-0.15, -0.1) is 0 Å². The van der Waals surface area contributed by atoms with Crippen molar-refractivity contribution in [2.45, 2.75) is 52.4 Å². The third-order valence-corrected chi connectivity index (χ3v) is 5.64. The van der Waals surface area contributed by atoms with E-state index in [1.54, 1.807) is 0 Å². The van der Waals surface area contributed by atoms with Crippen LogP contribution in [0.1, 0.15) is 59.1 Å². The normalized spacial score (nSPS) is 22.5. The van der Waals surface area contributed by atoms with Crippen molar-refractivity contribution in [3.63, 3.8) is 0 Å². The van der Waals surface area contributed by atoms with Crippen molar-refractivity contribution >= 4 is 0 Å². The molecule has 4 heteroatoms. The summed E-state index contributed by atoms with van der Waals surface area (Å²) in [5.74, 6) is 2.10. The van der Waals surface area contributed by atoms with Crippen LogP contribution in [0, 0.1) is 26.2 Å². The van der Waals surface area contributed by atoms with Gasteiger partial charge >= 0.3 is 0 Å². The summed E-state index contributed by atoms with van der Waals surface area (Å²) in [7, 11) is 0. The molecule has 122 valence electrons. The first-order valence-corrected chi connectivity index (χ1v) is 8.54. The highest BCUT2D eigenvalue weighted by Gasteiger charge is 2.57. The Morgan fingerprint density at radius 3 is 2.52 bits per heavy atom. The molecule has 0 N–H and O–H groups in total. The van der Waals surface area contributed by atoms with E-state index in [-0.39, 0.29) is 0 Å². The molecule has 1 atom stereocenters. The molecule has 1 aromatic carbocycles. The lowest BCUT2D eigenvalue weighted by Gasteiger charge is -2.21. The first kappa shape index (κ1) is 14.9. The second-order valence-electron chi connectivity index (χ2n) is 7.33. The Balaban J connectivity index is 1.51. The first-order chi connectivity index (χ1) is 11.1. The van der Waals surface area contributed by atoms with E-state index in [0.29, 0.717) is 11.3 Å². The average Bonchev–Trinajstić information content (AvgIpc) is 3.00. The van der Waals surface area contributed by atoms with E-state index in [0.717, 1.165) is 44.2 Å². The minimum Gasteiger partial charge on any atom is -0.381 e. The van der Waals surface area contributed by atoms with Gasteiger partial charge in [-0.25, -0.2) is 0 Å². The maximum Gasteiger partial charge on any atom is 0.230 e. The molecule has 1 aromatic heterocycles. The second-order valence-corrected chi connectivity index (χ2v) is 7.33. The molecular formula is C19H24N2O2. The van der Waals surface area contributed by atoms with Crippen LogP contribution in [-0.2, 0) is 11.2 Å². The third-order valence-electron chi connectivity index (χ3n) is 5.64. The second kappa shape index (κ2) is 5.45. The van der Waals surface area contributed by atoms with Gasteiger partial charge in [0.1, 0.15) is 0 Å². The lowest BCUT2D eigenvalue weighted by molar-refractivity contribution is 0.0544. The van der Waals surface area contributed by atoms with Crippen LogP contribution in [-0.4, -0.2) is 23.4 Å². The van der Waals surface area contributed by atoms with Crippen LogP contribution in [0.2, 0.25) is 0 Å². The van der Waals surface area contributed by atoms with E-state index in [1.807, 2.05) is 0 Å². The molecular weight excluding hydrogens is 288 g/mol. The number of rotatable bonds is 3. The molecule has 0 radical (unpaired) electrons. The largest absolute Gasteiger partial charge is 0.381 e. The lowest BCUT2D eigenvalue weighted by Crippen LogP contribution is -2.18. The number of nitrogens with zero attached hydrogens (tertiary/aromatic N) is 2. The van der Waals surface area contributed by atoms with Gasteiger partial charge in [0.25, 0.3) is 0 Å². The SMILES string of the molecule is Cc1cc(C)c(Cc2noc(C3CC34CCOCC4)n2)c(C)c1. The molecule has 1 saturated heterocycles. The highest BCUT2D eigenvalue weighted by molar-refractivity contribution is 5.39. The third kappa shape index (κ3) is 2.69. The molecule has 2 aromatic rings. The molecule has 2 fully saturated rings. The Kier molecular flexibility index (Phi) is 3.52. The van der Waals surface area contributed by atoms with Crippen molar-refractivity contribution in [1.82, 2.24) is 10.1 Å². The summed E-state index contributed by atoms with van der Waals surface area (Å²) in [5.41, 5.74) is 5.62. The Hall–Kier alpha value is -1.68. The monoisotopic (exact) mass is 312 g/mol. The van der Waals surface area contributed by atoms with E-state index in [1.165, 1.54) is 28.7 Å². The van der Waals surface area contributed by atoms with Gasteiger partial charge in [0.2, 0.25) is 5.89 Å². The van der Waals surface area contributed by atoms with Crippen LogP contribution in [0.5, 0.6) is 0 Å². The standard InChI is InChI=1S/C19H24N2O2/c1-12-8-13(2)15(14(3)9-12)10-17-20-18(23-21-17)16-11-19(16)4-6-22-7-5-19/h8-9,16H,4-7,10-11H2,1-3H3. The smallest absolute Gasteiger partial charge is 0.230 e. The zero-order valence-electron chi connectivity index (χ0n) is 14.2. The quantitative estimate of drug-likeness (QED) is 0.863. The van der Waals surface area contributed by atoms with Gasteiger partial charge in [0.15, 0.2) is 5.82 Å². The van der Waals surface area contributed by atoms with Gasteiger partial charge in [-0.05, 0) is 62.1 Å². The summed E-state index contributed by atoms with van der Waals surface area (Å²) in [6.45, 7) is 8.21. The Labute approximate surface area is 137 Å². The molecule has 0 bridgehead atoms. The molecule has 4 rings (SSSR count). The molecule has 4 nitrogen and oxygen atoms in total. The predicted octanol–water partition coefficient (Wildman–Crippen LogP) is 3.87. The van der Waals surface area contributed by atoms with Crippen LogP contribution < -0.4 is 0 Å². The number of hydrogen-bond acceptors (Lipinski definition) is 4. The number of benzene rings is 1. The fourth-order valence-corrected chi connectivity index (χ4v) is 4.16. The fourth-order valence-electron chi connectivity index (χ4n) is 4.16. The van der Waals surface area contributed by atoms with E-state index < -0.39 is 0 Å². The maximum atomic E-state index is 5.59. The van der Waals surface area contributed by atoms with Crippen LogP contribution in [0.4, 0.5) is 0 Å². The topological polar surface area (TPSA) is 48.2 Å². The van der Waals surface area contributed by atoms with E-state index in [4.69, 9.17) is 14.2 Å². The molecule has 1 aliphatic heterocycles. The number of aromatic nitrogens is 2. The Morgan fingerprint density at radius 1 is 1.13 bits per heavy atom. The molecule has 0 amide bonds. The average molecular weight is 312 g/mol. The summed E-state index contributed by atoms with van der Waals surface area (Å²) in [6.07, 6.45) is 4.20.